The average molecular weight is 428 g/mol. The molecule has 0 saturated heterocycles. The van der Waals surface area contributed by atoms with Crippen molar-refractivity contribution in [2.75, 3.05) is 12.4 Å². The van der Waals surface area contributed by atoms with Crippen molar-refractivity contribution in [3.8, 4) is 17.2 Å². The molecule has 0 aliphatic rings. The molecule has 1 heterocycles. The van der Waals surface area contributed by atoms with Crippen LogP contribution in [0.3, 0.4) is 0 Å². The highest BCUT2D eigenvalue weighted by Gasteiger charge is 2.13. The van der Waals surface area contributed by atoms with Crippen molar-refractivity contribution in [2.45, 2.75) is 19.1 Å². The molecule has 0 saturated carbocycles. The van der Waals surface area contributed by atoms with Gasteiger partial charge >= 0.3 is 5.97 Å². The van der Waals surface area contributed by atoms with Gasteiger partial charge in [-0.05, 0) is 36.8 Å². The molecular formula is C21H20N2O6S. The predicted octanol–water partition coefficient (Wildman–Crippen LogP) is 4.50. The summed E-state index contributed by atoms with van der Waals surface area (Å²) in [5.41, 5.74) is 2.44. The Kier molecular flexibility index (Phi) is 7.08. The molecule has 2 aromatic carbocycles. The SMILES string of the molecule is Cc1oc(-c2ccc([N+](=O)[O-])cc2)nc1CCOc1cccc(CSCC(=O)O)c1. The van der Waals surface area contributed by atoms with Crippen LogP contribution in [-0.2, 0) is 17.0 Å². The molecule has 1 N–H and O–H groups in total. The third-order valence-corrected chi connectivity index (χ3v) is 5.21. The number of hydrogen-bond donors (Lipinski definition) is 1. The summed E-state index contributed by atoms with van der Waals surface area (Å²) < 4.78 is 11.5. The van der Waals surface area contributed by atoms with E-state index in [0.29, 0.717) is 41.7 Å². The van der Waals surface area contributed by atoms with Gasteiger partial charge in [-0.1, -0.05) is 12.1 Å². The molecule has 3 rings (SSSR count). The quantitative estimate of drug-likeness (QED) is 0.371. The Morgan fingerprint density at radius 2 is 2.03 bits per heavy atom. The number of nitro groups is 1. The molecule has 0 unspecified atom stereocenters. The molecule has 0 bridgehead atoms. The van der Waals surface area contributed by atoms with Gasteiger partial charge in [-0.2, -0.15) is 0 Å². The van der Waals surface area contributed by atoms with Gasteiger partial charge in [0.05, 0.1) is 23.0 Å². The first-order valence-corrected chi connectivity index (χ1v) is 10.3. The number of thioether (sulfide) groups is 1. The Labute approximate surface area is 177 Å². The highest BCUT2D eigenvalue weighted by molar-refractivity contribution is 7.99. The number of nitrogens with zero attached hydrogens (tertiary/aromatic N) is 2. The number of carboxylic acid groups (broad SMARTS) is 1. The molecule has 8 nitrogen and oxygen atoms in total. The normalized spacial score (nSPS) is 10.7. The van der Waals surface area contributed by atoms with Gasteiger partial charge < -0.3 is 14.3 Å². The first-order valence-electron chi connectivity index (χ1n) is 9.15. The van der Waals surface area contributed by atoms with Crippen molar-refractivity contribution in [2.24, 2.45) is 0 Å². The monoisotopic (exact) mass is 428 g/mol. The lowest BCUT2D eigenvalue weighted by Gasteiger charge is -2.07. The van der Waals surface area contributed by atoms with E-state index < -0.39 is 10.9 Å². The molecule has 1 aromatic heterocycles. The number of aliphatic carboxylic acids is 1. The fourth-order valence-electron chi connectivity index (χ4n) is 2.76. The van der Waals surface area contributed by atoms with Gasteiger partial charge in [-0.15, -0.1) is 11.8 Å². The van der Waals surface area contributed by atoms with Crippen LogP contribution in [0.4, 0.5) is 5.69 Å². The zero-order valence-electron chi connectivity index (χ0n) is 16.2. The van der Waals surface area contributed by atoms with Crippen molar-refractivity contribution in [1.82, 2.24) is 4.98 Å². The van der Waals surface area contributed by atoms with Crippen molar-refractivity contribution < 1.29 is 24.0 Å². The van der Waals surface area contributed by atoms with Gasteiger partial charge in [0.15, 0.2) is 0 Å². The van der Waals surface area contributed by atoms with Crippen LogP contribution in [0, 0.1) is 17.0 Å². The highest BCUT2D eigenvalue weighted by Crippen LogP contribution is 2.24. The number of ether oxygens (including phenoxy) is 1. The standard InChI is InChI=1S/C21H20N2O6S/c1-14-19(22-21(29-14)16-5-7-17(8-6-16)23(26)27)9-10-28-18-4-2-3-15(11-18)12-30-13-20(24)25/h2-8,11H,9-10,12-13H2,1H3,(H,24,25). The summed E-state index contributed by atoms with van der Waals surface area (Å²) >= 11 is 1.33. The first-order chi connectivity index (χ1) is 14.4. The van der Waals surface area contributed by atoms with E-state index in [1.54, 1.807) is 12.1 Å². The van der Waals surface area contributed by atoms with Crippen LogP contribution in [0.2, 0.25) is 0 Å². The maximum Gasteiger partial charge on any atom is 0.313 e. The molecule has 0 atom stereocenters. The lowest BCUT2D eigenvalue weighted by atomic mass is 10.2. The fourth-order valence-corrected chi connectivity index (χ4v) is 3.45. The van der Waals surface area contributed by atoms with Gasteiger partial charge in [0, 0.05) is 29.9 Å². The summed E-state index contributed by atoms with van der Waals surface area (Å²) in [6.07, 6.45) is 0.542. The number of hydrogen-bond acceptors (Lipinski definition) is 7. The van der Waals surface area contributed by atoms with Gasteiger partial charge in [-0.3, -0.25) is 14.9 Å². The molecule has 0 aliphatic carbocycles. The van der Waals surface area contributed by atoms with E-state index in [2.05, 4.69) is 4.98 Å². The van der Waals surface area contributed by atoms with Gasteiger partial charge in [0.1, 0.15) is 11.5 Å². The van der Waals surface area contributed by atoms with Gasteiger partial charge in [0.2, 0.25) is 5.89 Å². The minimum absolute atomic E-state index is 0.0132. The number of carboxylic acids is 1. The van der Waals surface area contributed by atoms with Gasteiger partial charge in [0.25, 0.3) is 5.69 Å². The fraction of sp³-hybridized carbons (Fsp3) is 0.238. The van der Waals surface area contributed by atoms with E-state index in [1.165, 1.54) is 23.9 Å². The number of oxazole rings is 1. The smallest absolute Gasteiger partial charge is 0.313 e. The molecule has 0 spiro atoms. The third-order valence-electron chi connectivity index (χ3n) is 4.22. The number of aromatic nitrogens is 1. The second-order valence-electron chi connectivity index (χ2n) is 6.46. The molecule has 0 fully saturated rings. The third kappa shape index (κ3) is 5.84. The first kappa shape index (κ1) is 21.4. The lowest BCUT2D eigenvalue weighted by molar-refractivity contribution is -0.384. The summed E-state index contributed by atoms with van der Waals surface area (Å²) in [6, 6.07) is 13.6. The lowest BCUT2D eigenvalue weighted by Crippen LogP contribution is -2.03. The van der Waals surface area contributed by atoms with Crippen molar-refractivity contribution in [3.63, 3.8) is 0 Å². The molecule has 156 valence electrons. The second kappa shape index (κ2) is 9.93. The van der Waals surface area contributed by atoms with Crippen molar-refractivity contribution in [1.29, 1.82) is 0 Å². The van der Waals surface area contributed by atoms with Crippen LogP contribution < -0.4 is 4.74 Å². The number of nitro benzene ring substituents is 1. The number of non-ortho nitro benzene ring substituents is 1. The number of carbonyl (C=O) groups is 1. The molecular weight excluding hydrogens is 408 g/mol. The van der Waals surface area contributed by atoms with E-state index in [9.17, 15) is 14.9 Å². The Balaban J connectivity index is 1.56. The summed E-state index contributed by atoms with van der Waals surface area (Å²) in [7, 11) is 0. The molecule has 3 aromatic rings. The predicted molar refractivity (Wildman–Crippen MR) is 113 cm³/mol. The average Bonchev–Trinajstić information content (AvgIpc) is 3.09. The molecule has 0 radical (unpaired) electrons. The minimum atomic E-state index is -0.830. The Morgan fingerprint density at radius 3 is 2.73 bits per heavy atom. The van der Waals surface area contributed by atoms with Crippen molar-refractivity contribution in [3.05, 3.63) is 75.7 Å². The Hall–Kier alpha value is -3.33. The van der Waals surface area contributed by atoms with Gasteiger partial charge in [-0.25, -0.2) is 4.98 Å². The number of rotatable bonds is 10. The Bertz CT molecular complexity index is 1030. The van der Waals surface area contributed by atoms with Crippen LogP contribution in [0.1, 0.15) is 17.0 Å². The largest absolute Gasteiger partial charge is 0.493 e. The van der Waals surface area contributed by atoms with E-state index >= 15 is 0 Å². The van der Waals surface area contributed by atoms with E-state index in [-0.39, 0.29) is 11.4 Å². The summed E-state index contributed by atoms with van der Waals surface area (Å²) in [6.45, 7) is 2.22. The van der Waals surface area contributed by atoms with E-state index in [4.69, 9.17) is 14.3 Å². The summed E-state index contributed by atoms with van der Waals surface area (Å²) in [5, 5.41) is 19.5. The van der Waals surface area contributed by atoms with Crippen LogP contribution in [0.5, 0.6) is 5.75 Å². The molecule has 9 heteroatoms. The minimum Gasteiger partial charge on any atom is -0.493 e. The van der Waals surface area contributed by atoms with Crippen LogP contribution in [-0.4, -0.2) is 33.3 Å². The van der Waals surface area contributed by atoms with E-state index in [0.717, 1.165) is 11.3 Å². The van der Waals surface area contributed by atoms with Crippen molar-refractivity contribution >= 4 is 23.4 Å². The highest BCUT2D eigenvalue weighted by atomic mass is 32.2. The van der Waals surface area contributed by atoms with Crippen LogP contribution in [0.15, 0.2) is 52.9 Å². The van der Waals surface area contributed by atoms with E-state index in [1.807, 2.05) is 31.2 Å². The summed E-state index contributed by atoms with van der Waals surface area (Å²) in [4.78, 5) is 25.4. The maximum absolute atomic E-state index is 10.8. The molecule has 30 heavy (non-hydrogen) atoms. The van der Waals surface area contributed by atoms with Crippen LogP contribution >= 0.6 is 11.8 Å². The molecule has 0 aliphatic heterocycles. The van der Waals surface area contributed by atoms with Crippen LogP contribution in [0.25, 0.3) is 11.5 Å². The maximum atomic E-state index is 10.8. The topological polar surface area (TPSA) is 116 Å². The number of benzene rings is 2. The summed E-state index contributed by atoms with van der Waals surface area (Å²) in [5.74, 6) is 1.63. The molecule has 0 amide bonds. The Morgan fingerprint density at radius 1 is 1.27 bits per heavy atom. The number of aryl methyl sites for hydroxylation is 1. The second-order valence-corrected chi connectivity index (χ2v) is 7.44. The zero-order valence-corrected chi connectivity index (χ0v) is 17.1. The zero-order chi connectivity index (χ0) is 21.5.